The highest BCUT2D eigenvalue weighted by molar-refractivity contribution is 6.21. The van der Waals surface area contributed by atoms with Crippen molar-refractivity contribution in [2.45, 2.75) is 19.8 Å². The van der Waals surface area contributed by atoms with Gasteiger partial charge in [0.15, 0.2) is 0 Å². The van der Waals surface area contributed by atoms with Gasteiger partial charge in [-0.3, -0.25) is 14.5 Å². The number of benzene rings is 2. The fourth-order valence-corrected chi connectivity index (χ4v) is 4.22. The lowest BCUT2D eigenvalue weighted by molar-refractivity contribution is -0.0604. The summed E-state index contributed by atoms with van der Waals surface area (Å²) in [6, 6.07) is 13.0. The molecule has 1 aliphatic carbocycles. The van der Waals surface area contributed by atoms with Gasteiger partial charge in [-0.25, -0.2) is 4.79 Å². The number of carbonyl (C=O) groups is 3. The first-order valence-electron chi connectivity index (χ1n) is 10.8. The van der Waals surface area contributed by atoms with Crippen molar-refractivity contribution in [2.24, 2.45) is 5.92 Å². The summed E-state index contributed by atoms with van der Waals surface area (Å²) in [7, 11) is 0. The number of nitrogens with zero attached hydrogens (tertiary/aromatic N) is 3. The Morgan fingerprint density at radius 3 is 2.35 bits per heavy atom. The maximum absolute atomic E-state index is 12.9. The SMILES string of the molecule is Cc1cccc(-c2ccc3c(c2)C(=O)N(OC(=O)N2CCN(CC4CC4)CC2)C3=O)c1. The Morgan fingerprint density at radius 2 is 1.65 bits per heavy atom. The van der Waals surface area contributed by atoms with E-state index < -0.39 is 17.9 Å². The van der Waals surface area contributed by atoms with Crippen LogP contribution in [0.2, 0.25) is 0 Å². The van der Waals surface area contributed by atoms with Gasteiger partial charge in [0.25, 0.3) is 11.8 Å². The lowest BCUT2D eigenvalue weighted by atomic mass is 9.99. The van der Waals surface area contributed by atoms with Crippen molar-refractivity contribution in [2.75, 3.05) is 32.7 Å². The summed E-state index contributed by atoms with van der Waals surface area (Å²) in [5.41, 5.74) is 3.41. The maximum Gasteiger partial charge on any atom is 0.434 e. The van der Waals surface area contributed by atoms with Crippen molar-refractivity contribution in [1.29, 1.82) is 0 Å². The summed E-state index contributed by atoms with van der Waals surface area (Å²) in [5, 5.41) is 0.601. The third-order valence-corrected chi connectivity index (χ3v) is 6.21. The molecule has 0 N–H and O–H groups in total. The van der Waals surface area contributed by atoms with E-state index in [1.165, 1.54) is 12.8 Å². The van der Waals surface area contributed by atoms with Crippen LogP contribution >= 0.6 is 0 Å². The van der Waals surface area contributed by atoms with E-state index in [0.29, 0.717) is 18.2 Å². The van der Waals surface area contributed by atoms with Gasteiger partial charge < -0.3 is 9.74 Å². The van der Waals surface area contributed by atoms with Crippen molar-refractivity contribution in [1.82, 2.24) is 14.9 Å². The van der Waals surface area contributed by atoms with Crippen molar-refractivity contribution in [3.8, 4) is 11.1 Å². The van der Waals surface area contributed by atoms with Gasteiger partial charge >= 0.3 is 6.09 Å². The second-order valence-corrected chi connectivity index (χ2v) is 8.62. The monoisotopic (exact) mass is 419 g/mol. The number of imide groups is 1. The summed E-state index contributed by atoms with van der Waals surface area (Å²) in [6.45, 7) is 5.72. The molecule has 7 nitrogen and oxygen atoms in total. The van der Waals surface area contributed by atoms with E-state index in [9.17, 15) is 14.4 Å². The van der Waals surface area contributed by atoms with Gasteiger partial charge in [0.2, 0.25) is 0 Å². The number of fused-ring (bicyclic) bond motifs is 1. The maximum atomic E-state index is 12.9. The molecule has 31 heavy (non-hydrogen) atoms. The Bertz CT molecular complexity index is 1050. The van der Waals surface area contributed by atoms with E-state index in [2.05, 4.69) is 4.90 Å². The largest absolute Gasteiger partial charge is 0.434 e. The molecule has 0 atom stereocenters. The van der Waals surface area contributed by atoms with Crippen LogP contribution in [0.3, 0.4) is 0 Å². The minimum Gasteiger partial charge on any atom is -0.310 e. The summed E-state index contributed by atoms with van der Waals surface area (Å²) in [6.07, 6.45) is 1.95. The Balaban J connectivity index is 1.26. The number of hydrogen-bond donors (Lipinski definition) is 0. The summed E-state index contributed by atoms with van der Waals surface area (Å²) in [5.74, 6) is -0.395. The second-order valence-electron chi connectivity index (χ2n) is 8.62. The highest BCUT2D eigenvalue weighted by Gasteiger charge is 2.40. The molecular formula is C24H25N3O4. The van der Waals surface area contributed by atoms with Crippen LogP contribution in [-0.2, 0) is 4.84 Å². The number of piperazine rings is 1. The van der Waals surface area contributed by atoms with E-state index in [-0.39, 0.29) is 11.1 Å². The van der Waals surface area contributed by atoms with Crippen LogP contribution in [0.5, 0.6) is 0 Å². The minimum atomic E-state index is -0.653. The molecule has 0 radical (unpaired) electrons. The molecule has 2 aliphatic heterocycles. The van der Waals surface area contributed by atoms with Crippen LogP contribution in [-0.4, -0.2) is 65.5 Å². The molecule has 1 saturated carbocycles. The van der Waals surface area contributed by atoms with Gasteiger partial charge in [0.05, 0.1) is 11.1 Å². The van der Waals surface area contributed by atoms with Crippen LogP contribution in [0.4, 0.5) is 4.79 Å². The normalized spacial score (nSPS) is 19.0. The quantitative estimate of drug-likeness (QED) is 0.711. The van der Waals surface area contributed by atoms with Crippen molar-refractivity contribution < 1.29 is 19.2 Å². The van der Waals surface area contributed by atoms with E-state index >= 15 is 0 Å². The highest BCUT2D eigenvalue weighted by atomic mass is 16.7. The predicted molar refractivity (Wildman–Crippen MR) is 114 cm³/mol. The molecule has 0 spiro atoms. The molecule has 0 unspecified atom stereocenters. The molecule has 3 amide bonds. The molecule has 2 aromatic rings. The van der Waals surface area contributed by atoms with E-state index in [0.717, 1.165) is 42.2 Å². The summed E-state index contributed by atoms with van der Waals surface area (Å²) in [4.78, 5) is 47.3. The van der Waals surface area contributed by atoms with E-state index in [4.69, 9.17) is 4.84 Å². The standard InChI is InChI=1S/C24H25N3O4/c1-16-3-2-4-18(13-16)19-7-8-20-21(14-19)23(29)27(22(20)28)31-24(30)26-11-9-25(10-12-26)15-17-5-6-17/h2-4,7-8,13-14,17H,5-6,9-12,15H2,1H3. The minimum absolute atomic E-state index is 0.253. The first-order chi connectivity index (χ1) is 15.0. The van der Waals surface area contributed by atoms with Crippen LogP contribution in [0.25, 0.3) is 11.1 Å². The molecule has 0 bridgehead atoms. The topological polar surface area (TPSA) is 70.2 Å². The van der Waals surface area contributed by atoms with Gasteiger partial charge in [-0.15, -0.1) is 0 Å². The molecule has 0 aromatic heterocycles. The molecule has 2 fully saturated rings. The zero-order chi connectivity index (χ0) is 21.5. The highest BCUT2D eigenvalue weighted by Crippen LogP contribution is 2.31. The van der Waals surface area contributed by atoms with E-state index in [1.807, 2.05) is 37.3 Å². The van der Waals surface area contributed by atoms with E-state index in [1.54, 1.807) is 17.0 Å². The second kappa shape index (κ2) is 7.81. The Kier molecular flexibility index (Phi) is 4.98. The number of aryl methyl sites for hydroxylation is 1. The first kappa shape index (κ1) is 19.8. The van der Waals surface area contributed by atoms with Gasteiger partial charge in [-0.2, -0.15) is 0 Å². The van der Waals surface area contributed by atoms with Crippen molar-refractivity contribution >= 4 is 17.9 Å². The third kappa shape index (κ3) is 3.93. The van der Waals surface area contributed by atoms with Crippen LogP contribution < -0.4 is 0 Å². The predicted octanol–water partition coefficient (Wildman–Crippen LogP) is 3.34. The Hall–Kier alpha value is -3.19. The molecule has 1 saturated heterocycles. The number of hydroxylamine groups is 2. The molecule has 160 valence electrons. The number of hydrogen-bond acceptors (Lipinski definition) is 5. The van der Waals surface area contributed by atoms with Gasteiger partial charge in [-0.1, -0.05) is 41.0 Å². The average molecular weight is 419 g/mol. The number of rotatable bonds is 4. The zero-order valence-corrected chi connectivity index (χ0v) is 17.5. The number of carbonyl (C=O) groups excluding carboxylic acids is 3. The summed E-state index contributed by atoms with van der Waals surface area (Å²) >= 11 is 0. The average Bonchev–Trinajstić information content (AvgIpc) is 3.57. The molecular weight excluding hydrogens is 394 g/mol. The smallest absolute Gasteiger partial charge is 0.310 e. The van der Waals surface area contributed by atoms with Gasteiger partial charge in [-0.05, 0) is 48.9 Å². The lowest BCUT2D eigenvalue weighted by Gasteiger charge is -2.34. The van der Waals surface area contributed by atoms with Crippen molar-refractivity contribution in [3.63, 3.8) is 0 Å². The molecule has 2 aromatic carbocycles. The number of amides is 3. The lowest BCUT2D eigenvalue weighted by Crippen LogP contribution is -2.50. The first-order valence-corrected chi connectivity index (χ1v) is 10.8. The van der Waals surface area contributed by atoms with Crippen molar-refractivity contribution in [3.05, 3.63) is 59.2 Å². The third-order valence-electron chi connectivity index (χ3n) is 6.21. The fourth-order valence-electron chi connectivity index (χ4n) is 4.22. The fraction of sp³-hybridized carbons (Fsp3) is 0.375. The molecule has 3 aliphatic rings. The summed E-state index contributed by atoms with van der Waals surface area (Å²) < 4.78 is 0. The van der Waals surface area contributed by atoms with Gasteiger partial charge in [0.1, 0.15) is 0 Å². The molecule has 5 rings (SSSR count). The van der Waals surface area contributed by atoms with Gasteiger partial charge in [0, 0.05) is 32.7 Å². The van der Waals surface area contributed by atoms with Crippen LogP contribution in [0, 0.1) is 12.8 Å². The Labute approximate surface area is 181 Å². The Morgan fingerprint density at radius 1 is 0.935 bits per heavy atom. The zero-order valence-electron chi connectivity index (χ0n) is 17.5. The van der Waals surface area contributed by atoms with Crippen LogP contribution in [0.1, 0.15) is 39.1 Å². The molecule has 2 heterocycles. The molecule has 7 heteroatoms. The van der Waals surface area contributed by atoms with Crippen LogP contribution in [0.15, 0.2) is 42.5 Å².